The molecule has 0 heterocycles. The van der Waals surface area contributed by atoms with Crippen molar-refractivity contribution in [2.24, 2.45) is 0 Å². The second kappa shape index (κ2) is 7.13. The summed E-state index contributed by atoms with van der Waals surface area (Å²) < 4.78 is 33.5. The Balaban J connectivity index is 4.40. The number of esters is 1. The molecule has 0 radical (unpaired) electrons. The molecular weight excluding hydrogens is 248 g/mol. The Kier molecular flexibility index (Phi) is 6.57. The van der Waals surface area contributed by atoms with Crippen LogP contribution in [0.4, 0.5) is 13.6 Å². The zero-order chi connectivity index (χ0) is 14.3. The molecule has 1 atom stereocenters. The first-order valence-corrected chi connectivity index (χ1v) is 5.51. The number of hydrogen-bond acceptors (Lipinski definition) is 4. The molecule has 0 rings (SSSR count). The number of halogens is 2. The summed E-state index contributed by atoms with van der Waals surface area (Å²) in [5.41, 5.74) is -0.729. The summed E-state index contributed by atoms with van der Waals surface area (Å²) in [6, 6.07) is -1.13. The molecule has 0 spiro atoms. The van der Waals surface area contributed by atoms with Crippen LogP contribution >= 0.6 is 0 Å². The van der Waals surface area contributed by atoms with Gasteiger partial charge in [-0.05, 0) is 27.2 Å². The molecule has 1 amide bonds. The highest BCUT2D eigenvalue weighted by atomic mass is 19.3. The van der Waals surface area contributed by atoms with E-state index in [1.165, 1.54) is 0 Å². The number of ether oxygens (including phenoxy) is 2. The van der Waals surface area contributed by atoms with E-state index in [0.29, 0.717) is 0 Å². The van der Waals surface area contributed by atoms with Gasteiger partial charge in [0.25, 0.3) is 0 Å². The number of alkyl halides is 2. The lowest BCUT2D eigenvalue weighted by Crippen LogP contribution is -2.44. The van der Waals surface area contributed by atoms with Crippen LogP contribution in [0.2, 0.25) is 0 Å². The van der Waals surface area contributed by atoms with Crippen molar-refractivity contribution in [3.05, 3.63) is 0 Å². The van der Waals surface area contributed by atoms with Gasteiger partial charge in [0.2, 0.25) is 6.43 Å². The summed E-state index contributed by atoms with van der Waals surface area (Å²) in [6.45, 7) is 4.96. The van der Waals surface area contributed by atoms with Crippen molar-refractivity contribution in [1.29, 1.82) is 0 Å². The molecule has 0 aromatic rings. The summed E-state index contributed by atoms with van der Waals surface area (Å²) in [6.07, 6.45) is -4.09. The van der Waals surface area contributed by atoms with Crippen LogP contribution < -0.4 is 5.32 Å². The van der Waals surface area contributed by atoms with Crippen molar-refractivity contribution in [2.75, 3.05) is 7.11 Å². The third-order valence-electron chi connectivity index (χ3n) is 1.85. The maximum atomic E-state index is 12.1. The number of hydrogen-bond donors (Lipinski definition) is 1. The van der Waals surface area contributed by atoms with Gasteiger partial charge in [0.1, 0.15) is 11.6 Å². The summed E-state index contributed by atoms with van der Waals surface area (Å²) in [5.74, 6) is -0.776. The van der Waals surface area contributed by atoms with Gasteiger partial charge < -0.3 is 14.8 Å². The monoisotopic (exact) mass is 267 g/mol. The molecule has 18 heavy (non-hydrogen) atoms. The first-order valence-electron chi connectivity index (χ1n) is 5.51. The summed E-state index contributed by atoms with van der Waals surface area (Å²) in [5, 5.41) is 2.21. The minimum absolute atomic E-state index is 0.205. The van der Waals surface area contributed by atoms with Gasteiger partial charge in [0.05, 0.1) is 7.11 Å². The van der Waals surface area contributed by atoms with Gasteiger partial charge in [-0.15, -0.1) is 0 Å². The van der Waals surface area contributed by atoms with Gasteiger partial charge in [0.15, 0.2) is 0 Å². The quantitative estimate of drug-likeness (QED) is 0.775. The van der Waals surface area contributed by atoms with Gasteiger partial charge >= 0.3 is 12.1 Å². The van der Waals surface area contributed by atoms with Crippen LogP contribution in [0, 0.1) is 0 Å². The molecule has 0 aromatic carbocycles. The standard InChI is InChI=1S/C11H19F2NO4/c1-11(2,3)18-10(16)14-7(9(15)17-4)5-6-8(12)13/h7-8H,5-6H2,1-4H3,(H,14,16)/t7-/m1/s1. The molecule has 0 aliphatic heterocycles. The fourth-order valence-electron chi connectivity index (χ4n) is 1.13. The van der Waals surface area contributed by atoms with Crippen LogP contribution in [-0.4, -0.2) is 37.2 Å². The molecule has 0 saturated carbocycles. The van der Waals surface area contributed by atoms with E-state index >= 15 is 0 Å². The van der Waals surface area contributed by atoms with Crippen molar-refractivity contribution in [2.45, 2.75) is 51.7 Å². The second-order valence-corrected chi connectivity index (χ2v) is 4.69. The minimum atomic E-state index is -2.54. The lowest BCUT2D eigenvalue weighted by atomic mass is 10.1. The highest BCUT2D eigenvalue weighted by molar-refractivity contribution is 5.81. The van der Waals surface area contributed by atoms with Gasteiger partial charge in [-0.2, -0.15) is 0 Å². The van der Waals surface area contributed by atoms with Crippen molar-refractivity contribution < 1.29 is 27.8 Å². The molecular formula is C11H19F2NO4. The predicted octanol–water partition coefficient (Wildman–Crippen LogP) is 2.10. The normalized spacial score (nSPS) is 13.1. The zero-order valence-electron chi connectivity index (χ0n) is 11.0. The molecule has 106 valence electrons. The first-order chi connectivity index (χ1) is 8.15. The Bertz CT molecular complexity index is 289. The van der Waals surface area contributed by atoms with E-state index in [1.807, 2.05) is 0 Å². The van der Waals surface area contributed by atoms with E-state index in [4.69, 9.17) is 4.74 Å². The predicted molar refractivity (Wildman–Crippen MR) is 60.4 cm³/mol. The fourth-order valence-corrected chi connectivity index (χ4v) is 1.13. The van der Waals surface area contributed by atoms with Gasteiger partial charge in [-0.25, -0.2) is 18.4 Å². The molecule has 1 N–H and O–H groups in total. The van der Waals surface area contributed by atoms with Crippen molar-refractivity contribution in [3.63, 3.8) is 0 Å². The number of alkyl carbamates (subject to hydrolysis) is 1. The maximum absolute atomic E-state index is 12.1. The Morgan fingerprint density at radius 3 is 2.17 bits per heavy atom. The van der Waals surface area contributed by atoms with Gasteiger partial charge in [-0.1, -0.05) is 0 Å². The zero-order valence-corrected chi connectivity index (χ0v) is 11.0. The molecule has 0 bridgehead atoms. The third kappa shape index (κ3) is 7.81. The number of carbonyl (C=O) groups excluding carboxylic acids is 2. The van der Waals surface area contributed by atoms with Crippen LogP contribution in [0.25, 0.3) is 0 Å². The number of nitrogens with one attached hydrogen (secondary N) is 1. The molecule has 0 aromatic heterocycles. The highest BCUT2D eigenvalue weighted by Gasteiger charge is 2.25. The summed E-state index contributed by atoms with van der Waals surface area (Å²) in [7, 11) is 1.12. The number of rotatable bonds is 5. The van der Waals surface area contributed by atoms with Crippen LogP contribution in [0.5, 0.6) is 0 Å². The number of carbonyl (C=O) groups is 2. The highest BCUT2D eigenvalue weighted by Crippen LogP contribution is 2.10. The smallest absolute Gasteiger partial charge is 0.408 e. The van der Waals surface area contributed by atoms with Crippen LogP contribution in [0.3, 0.4) is 0 Å². The van der Waals surface area contributed by atoms with Crippen molar-refractivity contribution in [3.8, 4) is 0 Å². The van der Waals surface area contributed by atoms with E-state index < -0.39 is 36.6 Å². The maximum Gasteiger partial charge on any atom is 0.408 e. The molecule has 0 fully saturated rings. The molecule has 5 nitrogen and oxygen atoms in total. The van der Waals surface area contributed by atoms with Crippen molar-refractivity contribution in [1.82, 2.24) is 5.32 Å². The topological polar surface area (TPSA) is 64.6 Å². The van der Waals surface area contributed by atoms with E-state index in [2.05, 4.69) is 10.1 Å². The van der Waals surface area contributed by atoms with Crippen molar-refractivity contribution >= 4 is 12.1 Å². The largest absolute Gasteiger partial charge is 0.467 e. The summed E-state index contributed by atoms with van der Waals surface area (Å²) in [4.78, 5) is 22.7. The van der Waals surface area contributed by atoms with Gasteiger partial charge in [0, 0.05) is 6.42 Å². The Hall–Kier alpha value is -1.40. The molecule has 7 heteroatoms. The average molecular weight is 267 g/mol. The lowest BCUT2D eigenvalue weighted by molar-refractivity contribution is -0.143. The third-order valence-corrected chi connectivity index (χ3v) is 1.85. The SMILES string of the molecule is COC(=O)[C@@H](CCC(F)F)NC(=O)OC(C)(C)C. The van der Waals surface area contributed by atoms with Gasteiger partial charge in [-0.3, -0.25) is 0 Å². The fraction of sp³-hybridized carbons (Fsp3) is 0.818. The number of methoxy groups -OCH3 is 1. The molecule has 0 aliphatic rings. The second-order valence-electron chi connectivity index (χ2n) is 4.69. The Morgan fingerprint density at radius 2 is 1.78 bits per heavy atom. The summed E-state index contributed by atoms with van der Waals surface area (Å²) >= 11 is 0. The van der Waals surface area contributed by atoms with Crippen LogP contribution in [-0.2, 0) is 14.3 Å². The molecule has 0 aliphatic carbocycles. The molecule has 0 saturated heterocycles. The van der Waals surface area contributed by atoms with E-state index in [0.717, 1.165) is 7.11 Å². The van der Waals surface area contributed by atoms with Crippen LogP contribution in [0.1, 0.15) is 33.6 Å². The Labute approximate surface area is 105 Å². The first kappa shape index (κ1) is 16.6. The van der Waals surface area contributed by atoms with E-state index in [9.17, 15) is 18.4 Å². The minimum Gasteiger partial charge on any atom is -0.467 e. The van der Waals surface area contributed by atoms with E-state index in [1.54, 1.807) is 20.8 Å². The molecule has 0 unspecified atom stereocenters. The average Bonchev–Trinajstić information content (AvgIpc) is 2.20. The van der Waals surface area contributed by atoms with Crippen LogP contribution in [0.15, 0.2) is 0 Å². The lowest BCUT2D eigenvalue weighted by Gasteiger charge is -2.22. The number of amides is 1. The van der Waals surface area contributed by atoms with E-state index in [-0.39, 0.29) is 6.42 Å². The Morgan fingerprint density at radius 1 is 1.22 bits per heavy atom.